The van der Waals surface area contributed by atoms with Gasteiger partial charge in [-0.05, 0) is 39.9 Å². The minimum atomic E-state index is 0.0306. The molecule has 22 heavy (non-hydrogen) atoms. The fourth-order valence-corrected chi connectivity index (χ4v) is 2.95. The molecule has 2 rings (SSSR count). The highest BCUT2D eigenvalue weighted by Crippen LogP contribution is 2.14. The topological polar surface area (TPSA) is 45.7 Å². The summed E-state index contributed by atoms with van der Waals surface area (Å²) < 4.78 is 5.66. The van der Waals surface area contributed by atoms with Crippen molar-refractivity contribution in [1.82, 2.24) is 14.8 Å². The van der Waals surface area contributed by atoms with Crippen LogP contribution in [0.15, 0.2) is 11.5 Å². The van der Waals surface area contributed by atoms with Crippen molar-refractivity contribution in [3.8, 4) is 0 Å². The normalized spacial score (nSPS) is 18.5. The monoisotopic (exact) mass is 323 g/mol. The number of carbonyl (C=O) groups excluding carboxylic acids is 1. The van der Waals surface area contributed by atoms with Crippen LogP contribution in [0.5, 0.6) is 0 Å². The Morgan fingerprint density at radius 2 is 2.32 bits per heavy atom. The van der Waals surface area contributed by atoms with Gasteiger partial charge in [0.2, 0.25) is 5.91 Å². The Morgan fingerprint density at radius 3 is 2.91 bits per heavy atom. The molecule has 0 radical (unpaired) electrons. The lowest BCUT2D eigenvalue weighted by Crippen LogP contribution is -2.40. The van der Waals surface area contributed by atoms with Gasteiger partial charge in [-0.25, -0.2) is 4.98 Å². The molecule has 6 heteroatoms. The maximum atomic E-state index is 12.5. The number of rotatable bonds is 7. The third kappa shape index (κ3) is 5.51. The van der Waals surface area contributed by atoms with E-state index in [0.717, 1.165) is 36.7 Å². The molecule has 1 fully saturated rings. The highest BCUT2D eigenvalue weighted by atomic mass is 32.1. The molecule has 1 atom stereocenters. The first-order valence-corrected chi connectivity index (χ1v) is 8.58. The standard InChI is InChI=1S/C16H25N3O2S/c1-13-17-14(12-22-13)6-7-16(20)19(9-8-18(2)3)11-15-5-4-10-21-15/h6-7,12,15H,4-5,8-11H2,1-3H3/b7-6-/t15-/m0/s1. The molecule has 1 saturated heterocycles. The first kappa shape index (κ1) is 17.1. The van der Waals surface area contributed by atoms with Crippen LogP contribution in [-0.4, -0.2) is 67.1 Å². The van der Waals surface area contributed by atoms with Gasteiger partial charge in [-0.1, -0.05) is 0 Å². The van der Waals surface area contributed by atoms with E-state index in [1.54, 1.807) is 23.5 Å². The number of aryl methyl sites for hydroxylation is 1. The van der Waals surface area contributed by atoms with Gasteiger partial charge in [0, 0.05) is 37.7 Å². The summed E-state index contributed by atoms with van der Waals surface area (Å²) in [5.74, 6) is 0.0306. The van der Waals surface area contributed by atoms with E-state index in [9.17, 15) is 4.79 Å². The van der Waals surface area contributed by atoms with E-state index in [1.807, 2.05) is 31.3 Å². The van der Waals surface area contributed by atoms with Crippen molar-refractivity contribution < 1.29 is 9.53 Å². The molecule has 5 nitrogen and oxygen atoms in total. The molecule has 0 aliphatic carbocycles. The number of carbonyl (C=O) groups is 1. The summed E-state index contributed by atoms with van der Waals surface area (Å²) in [5, 5.41) is 2.97. The van der Waals surface area contributed by atoms with E-state index in [0.29, 0.717) is 13.1 Å². The van der Waals surface area contributed by atoms with E-state index in [2.05, 4.69) is 9.88 Å². The lowest BCUT2D eigenvalue weighted by atomic mass is 10.2. The molecule has 0 aromatic carbocycles. The zero-order valence-corrected chi connectivity index (χ0v) is 14.4. The van der Waals surface area contributed by atoms with Crippen molar-refractivity contribution in [2.24, 2.45) is 0 Å². The quantitative estimate of drug-likeness (QED) is 0.720. The molecule has 0 unspecified atom stereocenters. The summed E-state index contributed by atoms with van der Waals surface area (Å²) >= 11 is 1.59. The molecular weight excluding hydrogens is 298 g/mol. The van der Waals surface area contributed by atoms with Crippen LogP contribution in [0.25, 0.3) is 6.08 Å². The summed E-state index contributed by atoms with van der Waals surface area (Å²) in [6, 6.07) is 0. The molecule has 1 aliphatic rings. The molecule has 1 aliphatic heterocycles. The predicted molar refractivity (Wildman–Crippen MR) is 90.0 cm³/mol. The number of hydrogen-bond donors (Lipinski definition) is 0. The van der Waals surface area contributed by atoms with E-state index in [4.69, 9.17) is 4.74 Å². The van der Waals surface area contributed by atoms with Crippen molar-refractivity contribution in [3.63, 3.8) is 0 Å². The van der Waals surface area contributed by atoms with Gasteiger partial charge in [-0.2, -0.15) is 0 Å². The van der Waals surface area contributed by atoms with E-state index >= 15 is 0 Å². The van der Waals surface area contributed by atoms with Crippen molar-refractivity contribution in [2.75, 3.05) is 40.3 Å². The Kier molecular flexibility index (Phi) is 6.54. The number of nitrogens with zero attached hydrogens (tertiary/aromatic N) is 3. The third-order valence-corrected chi connectivity index (χ3v) is 4.40. The van der Waals surface area contributed by atoms with Crippen molar-refractivity contribution in [1.29, 1.82) is 0 Å². The molecule has 1 aromatic rings. The van der Waals surface area contributed by atoms with Crippen molar-refractivity contribution in [2.45, 2.75) is 25.9 Å². The van der Waals surface area contributed by atoms with Crippen molar-refractivity contribution in [3.05, 3.63) is 22.2 Å². The van der Waals surface area contributed by atoms with Gasteiger partial charge in [0.05, 0.1) is 16.8 Å². The molecule has 0 bridgehead atoms. The van der Waals surface area contributed by atoms with Gasteiger partial charge in [0.25, 0.3) is 0 Å². The number of hydrogen-bond acceptors (Lipinski definition) is 5. The van der Waals surface area contributed by atoms with Gasteiger partial charge in [-0.15, -0.1) is 11.3 Å². The maximum Gasteiger partial charge on any atom is 0.246 e. The van der Waals surface area contributed by atoms with E-state index in [1.165, 1.54) is 0 Å². The zero-order chi connectivity index (χ0) is 15.9. The number of amides is 1. The van der Waals surface area contributed by atoms with Gasteiger partial charge in [0.1, 0.15) is 0 Å². The minimum absolute atomic E-state index is 0.0306. The first-order valence-electron chi connectivity index (χ1n) is 7.70. The molecule has 1 amide bonds. The second-order valence-corrected chi connectivity index (χ2v) is 6.91. The van der Waals surface area contributed by atoms with Crippen LogP contribution in [0.1, 0.15) is 23.5 Å². The van der Waals surface area contributed by atoms with Crippen molar-refractivity contribution >= 4 is 23.3 Å². The SMILES string of the molecule is Cc1nc(/C=C\C(=O)N(CCN(C)C)C[C@@H]2CCCO2)cs1. The lowest BCUT2D eigenvalue weighted by molar-refractivity contribution is -0.127. The Labute approximate surface area is 136 Å². The van der Waals surface area contributed by atoms with Crippen LogP contribution in [0.4, 0.5) is 0 Å². The average Bonchev–Trinajstić information content (AvgIpc) is 3.12. The average molecular weight is 323 g/mol. The Morgan fingerprint density at radius 1 is 1.50 bits per heavy atom. The van der Waals surface area contributed by atoms with Crippen LogP contribution in [0, 0.1) is 6.92 Å². The molecule has 122 valence electrons. The lowest BCUT2D eigenvalue weighted by Gasteiger charge is -2.25. The van der Waals surface area contributed by atoms with Gasteiger partial charge in [-0.3, -0.25) is 4.79 Å². The highest BCUT2D eigenvalue weighted by Gasteiger charge is 2.21. The Balaban J connectivity index is 1.95. The van der Waals surface area contributed by atoms with Crippen LogP contribution in [-0.2, 0) is 9.53 Å². The summed E-state index contributed by atoms with van der Waals surface area (Å²) in [6.45, 7) is 5.01. The molecule has 0 N–H and O–H groups in total. The second-order valence-electron chi connectivity index (χ2n) is 5.85. The summed E-state index contributed by atoms with van der Waals surface area (Å²) in [6.07, 6.45) is 5.74. The molecule has 0 saturated carbocycles. The minimum Gasteiger partial charge on any atom is -0.376 e. The molecule has 2 heterocycles. The fraction of sp³-hybridized carbons (Fsp3) is 0.625. The summed E-state index contributed by atoms with van der Waals surface area (Å²) in [5.41, 5.74) is 0.848. The van der Waals surface area contributed by atoms with E-state index in [-0.39, 0.29) is 12.0 Å². The number of likely N-dealkylation sites (N-methyl/N-ethyl adjacent to an activating group) is 1. The van der Waals surface area contributed by atoms with Crippen LogP contribution >= 0.6 is 11.3 Å². The maximum absolute atomic E-state index is 12.5. The Hall–Kier alpha value is -1.24. The highest BCUT2D eigenvalue weighted by molar-refractivity contribution is 7.09. The molecule has 1 aromatic heterocycles. The van der Waals surface area contributed by atoms with Crippen LogP contribution < -0.4 is 0 Å². The van der Waals surface area contributed by atoms with Gasteiger partial charge >= 0.3 is 0 Å². The van der Waals surface area contributed by atoms with Gasteiger partial charge < -0.3 is 14.5 Å². The van der Waals surface area contributed by atoms with E-state index < -0.39 is 0 Å². The largest absolute Gasteiger partial charge is 0.376 e. The summed E-state index contributed by atoms with van der Waals surface area (Å²) in [4.78, 5) is 20.8. The number of ether oxygens (including phenoxy) is 1. The number of aromatic nitrogens is 1. The smallest absolute Gasteiger partial charge is 0.246 e. The number of thiazole rings is 1. The summed E-state index contributed by atoms with van der Waals surface area (Å²) in [7, 11) is 4.03. The second kappa shape index (κ2) is 8.41. The third-order valence-electron chi connectivity index (χ3n) is 3.61. The van der Waals surface area contributed by atoms with Crippen LogP contribution in [0.2, 0.25) is 0 Å². The van der Waals surface area contributed by atoms with Gasteiger partial charge in [0.15, 0.2) is 0 Å². The predicted octanol–water partition coefficient (Wildman–Crippen LogP) is 2.03. The zero-order valence-electron chi connectivity index (χ0n) is 13.6. The molecule has 0 spiro atoms. The Bertz CT molecular complexity index is 507. The fourth-order valence-electron chi connectivity index (χ4n) is 2.37. The first-order chi connectivity index (χ1) is 10.5. The van der Waals surface area contributed by atoms with Crippen LogP contribution in [0.3, 0.4) is 0 Å². The molecular formula is C16H25N3O2S.